The minimum absolute atomic E-state index is 0.0853. The van der Waals surface area contributed by atoms with Crippen molar-refractivity contribution in [1.29, 1.82) is 0 Å². The molecule has 0 aliphatic carbocycles. The highest BCUT2D eigenvalue weighted by atomic mass is 32.1. The van der Waals surface area contributed by atoms with Crippen LogP contribution in [0.2, 0.25) is 0 Å². The van der Waals surface area contributed by atoms with Gasteiger partial charge in [0.05, 0.1) is 17.1 Å². The van der Waals surface area contributed by atoms with Gasteiger partial charge in [-0.1, -0.05) is 26.0 Å². The standard InChI is InChI=1S/C21H21FN2OS/c1-13(2)16-5-4-6-18(11-16)24-20(25)12-19-21(23-14(3)26-19)15-7-9-17(22)10-8-15/h4-11,13H,12H2,1-3H3,(H,24,25). The van der Waals surface area contributed by atoms with E-state index in [2.05, 4.69) is 30.2 Å². The van der Waals surface area contributed by atoms with Crippen LogP contribution >= 0.6 is 11.3 Å². The van der Waals surface area contributed by atoms with Crippen LogP contribution in [0.15, 0.2) is 48.5 Å². The molecule has 26 heavy (non-hydrogen) atoms. The number of amides is 1. The molecule has 0 spiro atoms. The highest BCUT2D eigenvalue weighted by Gasteiger charge is 2.15. The number of anilines is 1. The van der Waals surface area contributed by atoms with E-state index in [-0.39, 0.29) is 18.1 Å². The molecule has 5 heteroatoms. The second-order valence-corrected chi connectivity index (χ2v) is 7.80. The van der Waals surface area contributed by atoms with Crippen LogP contribution in [0.4, 0.5) is 10.1 Å². The van der Waals surface area contributed by atoms with E-state index in [1.165, 1.54) is 29.0 Å². The molecule has 3 rings (SSSR count). The SMILES string of the molecule is Cc1nc(-c2ccc(F)cc2)c(CC(=O)Nc2cccc(C(C)C)c2)s1. The van der Waals surface area contributed by atoms with E-state index in [9.17, 15) is 9.18 Å². The second kappa shape index (κ2) is 7.79. The first-order valence-corrected chi connectivity index (χ1v) is 9.36. The normalized spacial score (nSPS) is 11.0. The monoisotopic (exact) mass is 368 g/mol. The summed E-state index contributed by atoms with van der Waals surface area (Å²) < 4.78 is 13.2. The van der Waals surface area contributed by atoms with Crippen molar-refractivity contribution in [2.45, 2.75) is 33.1 Å². The predicted molar refractivity (Wildman–Crippen MR) is 105 cm³/mol. The van der Waals surface area contributed by atoms with E-state index >= 15 is 0 Å². The molecule has 0 atom stereocenters. The average molecular weight is 368 g/mol. The highest BCUT2D eigenvalue weighted by molar-refractivity contribution is 7.12. The lowest BCUT2D eigenvalue weighted by atomic mass is 10.0. The van der Waals surface area contributed by atoms with Crippen LogP contribution in [0, 0.1) is 12.7 Å². The summed E-state index contributed by atoms with van der Waals surface area (Å²) in [4.78, 5) is 17.9. The number of benzene rings is 2. The van der Waals surface area contributed by atoms with Crippen LogP contribution in [0.3, 0.4) is 0 Å². The molecule has 0 aliphatic rings. The molecule has 3 aromatic rings. The van der Waals surface area contributed by atoms with E-state index < -0.39 is 0 Å². The molecule has 0 bridgehead atoms. The molecular formula is C21H21FN2OS. The summed E-state index contributed by atoms with van der Waals surface area (Å²) in [6.45, 7) is 6.15. The summed E-state index contributed by atoms with van der Waals surface area (Å²) in [5.41, 5.74) is 3.55. The summed E-state index contributed by atoms with van der Waals surface area (Å²) in [6, 6.07) is 14.1. The number of hydrogen-bond acceptors (Lipinski definition) is 3. The van der Waals surface area contributed by atoms with Gasteiger partial charge >= 0.3 is 0 Å². The molecule has 0 fully saturated rings. The summed E-state index contributed by atoms with van der Waals surface area (Å²) in [5, 5.41) is 3.85. The number of aryl methyl sites for hydroxylation is 1. The third kappa shape index (κ3) is 4.35. The topological polar surface area (TPSA) is 42.0 Å². The third-order valence-electron chi connectivity index (χ3n) is 4.08. The Morgan fingerprint density at radius 2 is 1.92 bits per heavy atom. The van der Waals surface area contributed by atoms with Crippen LogP contribution in [0.5, 0.6) is 0 Å². The van der Waals surface area contributed by atoms with E-state index in [1.54, 1.807) is 12.1 Å². The molecule has 1 N–H and O–H groups in total. The van der Waals surface area contributed by atoms with Crippen molar-refractivity contribution in [1.82, 2.24) is 4.98 Å². The van der Waals surface area contributed by atoms with E-state index in [4.69, 9.17) is 0 Å². The number of rotatable bonds is 5. The number of carbonyl (C=O) groups excluding carboxylic acids is 1. The maximum atomic E-state index is 13.2. The molecule has 0 radical (unpaired) electrons. The zero-order valence-corrected chi connectivity index (χ0v) is 15.9. The molecule has 1 aromatic heterocycles. The molecule has 134 valence electrons. The lowest BCUT2D eigenvalue weighted by Crippen LogP contribution is -2.14. The van der Waals surface area contributed by atoms with Crippen molar-refractivity contribution < 1.29 is 9.18 Å². The first-order valence-electron chi connectivity index (χ1n) is 8.54. The Morgan fingerprint density at radius 3 is 2.62 bits per heavy atom. The highest BCUT2D eigenvalue weighted by Crippen LogP contribution is 2.29. The van der Waals surface area contributed by atoms with Gasteiger partial charge in [-0.2, -0.15) is 0 Å². The minimum atomic E-state index is -0.287. The first-order chi connectivity index (χ1) is 12.4. The number of halogens is 1. The summed E-state index contributed by atoms with van der Waals surface area (Å²) in [7, 11) is 0. The van der Waals surface area contributed by atoms with Crippen molar-refractivity contribution in [3.05, 3.63) is 69.8 Å². The van der Waals surface area contributed by atoms with E-state index in [0.717, 1.165) is 26.8 Å². The number of hydrogen-bond donors (Lipinski definition) is 1. The zero-order valence-electron chi connectivity index (χ0n) is 15.0. The summed E-state index contributed by atoms with van der Waals surface area (Å²) >= 11 is 1.49. The fourth-order valence-electron chi connectivity index (χ4n) is 2.75. The van der Waals surface area contributed by atoms with Gasteiger partial charge in [-0.05, 0) is 54.8 Å². The maximum absolute atomic E-state index is 13.2. The van der Waals surface area contributed by atoms with Crippen LogP contribution in [-0.4, -0.2) is 10.9 Å². The molecule has 1 amide bonds. The Morgan fingerprint density at radius 1 is 1.19 bits per heavy atom. The Bertz CT molecular complexity index is 916. The van der Waals surface area contributed by atoms with Gasteiger partial charge in [0.15, 0.2) is 0 Å². The maximum Gasteiger partial charge on any atom is 0.229 e. The summed E-state index contributed by atoms with van der Waals surface area (Å²) in [6.07, 6.45) is 0.240. The lowest BCUT2D eigenvalue weighted by Gasteiger charge is -2.09. The van der Waals surface area contributed by atoms with Crippen LogP contribution in [0.25, 0.3) is 11.3 Å². The second-order valence-electron chi connectivity index (χ2n) is 6.52. The Kier molecular flexibility index (Phi) is 5.47. The van der Waals surface area contributed by atoms with E-state index in [0.29, 0.717) is 5.92 Å². The molecule has 0 aliphatic heterocycles. The largest absolute Gasteiger partial charge is 0.326 e. The smallest absolute Gasteiger partial charge is 0.229 e. The number of nitrogens with one attached hydrogen (secondary N) is 1. The van der Waals surface area contributed by atoms with Crippen molar-refractivity contribution >= 4 is 22.9 Å². The molecular weight excluding hydrogens is 347 g/mol. The van der Waals surface area contributed by atoms with Gasteiger partial charge in [0, 0.05) is 16.1 Å². The van der Waals surface area contributed by atoms with Crippen molar-refractivity contribution in [2.24, 2.45) is 0 Å². The van der Waals surface area contributed by atoms with Gasteiger partial charge < -0.3 is 5.32 Å². The number of carbonyl (C=O) groups is 1. The van der Waals surface area contributed by atoms with Crippen LogP contribution in [-0.2, 0) is 11.2 Å². The van der Waals surface area contributed by atoms with Crippen LogP contribution in [0.1, 0.15) is 35.2 Å². The fraction of sp³-hybridized carbons (Fsp3) is 0.238. The van der Waals surface area contributed by atoms with Gasteiger partial charge in [-0.25, -0.2) is 9.37 Å². The average Bonchev–Trinajstić information content (AvgIpc) is 2.95. The third-order valence-corrected chi connectivity index (χ3v) is 5.05. The summed E-state index contributed by atoms with van der Waals surface area (Å²) in [5.74, 6) is 0.0315. The Hall–Kier alpha value is -2.53. The lowest BCUT2D eigenvalue weighted by molar-refractivity contribution is -0.115. The molecule has 1 heterocycles. The first kappa shape index (κ1) is 18.3. The van der Waals surface area contributed by atoms with Gasteiger partial charge in [-0.3, -0.25) is 4.79 Å². The van der Waals surface area contributed by atoms with Crippen LogP contribution < -0.4 is 5.32 Å². The number of nitrogens with zero attached hydrogens (tertiary/aromatic N) is 1. The van der Waals surface area contributed by atoms with Gasteiger partial charge in [0.1, 0.15) is 5.82 Å². The predicted octanol–water partition coefficient (Wildman–Crippen LogP) is 5.56. The van der Waals surface area contributed by atoms with E-state index in [1.807, 2.05) is 25.1 Å². The van der Waals surface area contributed by atoms with Gasteiger partial charge in [0.25, 0.3) is 0 Å². The Balaban J connectivity index is 1.78. The molecule has 0 saturated carbocycles. The minimum Gasteiger partial charge on any atom is -0.326 e. The molecule has 2 aromatic carbocycles. The molecule has 3 nitrogen and oxygen atoms in total. The molecule has 0 saturated heterocycles. The van der Waals surface area contributed by atoms with Crippen molar-refractivity contribution in [2.75, 3.05) is 5.32 Å². The fourth-order valence-corrected chi connectivity index (χ4v) is 3.71. The van der Waals surface area contributed by atoms with Gasteiger partial charge in [-0.15, -0.1) is 11.3 Å². The van der Waals surface area contributed by atoms with Crippen molar-refractivity contribution in [3.8, 4) is 11.3 Å². The number of thiazole rings is 1. The quantitative estimate of drug-likeness (QED) is 0.640. The van der Waals surface area contributed by atoms with Gasteiger partial charge in [0.2, 0.25) is 5.91 Å². The molecule has 0 unspecified atom stereocenters. The van der Waals surface area contributed by atoms with Crippen molar-refractivity contribution in [3.63, 3.8) is 0 Å². The number of aromatic nitrogens is 1. The Labute approximate surface area is 156 Å². The zero-order chi connectivity index (χ0) is 18.7.